The fourth-order valence-electron chi connectivity index (χ4n) is 2.09. The Kier molecular flexibility index (Phi) is 6.42. The van der Waals surface area contributed by atoms with E-state index in [9.17, 15) is 4.79 Å². The zero-order valence-electron chi connectivity index (χ0n) is 9.90. The minimum atomic E-state index is -0.703. The summed E-state index contributed by atoms with van der Waals surface area (Å²) in [4.78, 5) is 12.8. The Labute approximate surface area is 97.3 Å². The molecule has 94 valence electrons. The molecule has 0 aromatic rings. The summed E-state index contributed by atoms with van der Waals surface area (Å²) < 4.78 is 0. The molecule has 4 heteroatoms. The van der Waals surface area contributed by atoms with Gasteiger partial charge < -0.3 is 15.1 Å². The smallest absolute Gasteiger partial charge is 0.303 e. The second kappa shape index (κ2) is 7.63. The molecule has 1 aliphatic carbocycles. The first-order valence-corrected chi connectivity index (χ1v) is 6.30. The number of carboxylic acids is 1. The lowest BCUT2D eigenvalue weighted by Gasteiger charge is -2.37. The highest BCUT2D eigenvalue weighted by Crippen LogP contribution is 2.25. The van der Waals surface area contributed by atoms with E-state index in [1.165, 1.54) is 19.3 Å². The third-order valence-electron chi connectivity index (χ3n) is 3.28. The van der Waals surface area contributed by atoms with Crippen LogP contribution in [0.4, 0.5) is 0 Å². The number of hydrogen-bond donors (Lipinski definition) is 2. The molecule has 2 N–H and O–H groups in total. The van der Waals surface area contributed by atoms with Crippen molar-refractivity contribution in [3.63, 3.8) is 0 Å². The first-order valence-electron chi connectivity index (χ1n) is 6.30. The van der Waals surface area contributed by atoms with Gasteiger partial charge >= 0.3 is 5.97 Å². The molecule has 4 nitrogen and oxygen atoms in total. The highest BCUT2D eigenvalue weighted by Gasteiger charge is 2.23. The van der Waals surface area contributed by atoms with Gasteiger partial charge in [0, 0.05) is 25.6 Å². The van der Waals surface area contributed by atoms with E-state index in [1.54, 1.807) is 0 Å². The van der Waals surface area contributed by atoms with Crippen molar-refractivity contribution in [2.45, 2.75) is 51.0 Å². The fourth-order valence-corrected chi connectivity index (χ4v) is 2.09. The van der Waals surface area contributed by atoms with Gasteiger partial charge in [-0.05, 0) is 38.6 Å². The van der Waals surface area contributed by atoms with Crippen LogP contribution in [0.3, 0.4) is 0 Å². The van der Waals surface area contributed by atoms with Crippen molar-refractivity contribution < 1.29 is 15.0 Å². The van der Waals surface area contributed by atoms with Gasteiger partial charge in [-0.25, -0.2) is 0 Å². The molecule has 0 unspecified atom stereocenters. The molecule has 1 saturated carbocycles. The SMILES string of the molecule is O=C(O)CCCCN(CCCO)C1CCC1. The van der Waals surface area contributed by atoms with Gasteiger partial charge in [-0.2, -0.15) is 0 Å². The molecule has 16 heavy (non-hydrogen) atoms. The van der Waals surface area contributed by atoms with Crippen molar-refractivity contribution in [1.82, 2.24) is 4.90 Å². The van der Waals surface area contributed by atoms with Crippen LogP contribution in [-0.4, -0.2) is 46.8 Å². The zero-order valence-corrected chi connectivity index (χ0v) is 9.90. The molecular formula is C12H23NO3. The third kappa shape index (κ3) is 4.94. The molecule has 0 bridgehead atoms. The topological polar surface area (TPSA) is 60.8 Å². The minimum Gasteiger partial charge on any atom is -0.481 e. The molecule has 1 fully saturated rings. The standard InChI is InChI=1S/C12H23NO3/c14-10-4-9-13(11-5-3-6-11)8-2-1-7-12(15)16/h11,14H,1-10H2,(H,15,16). The minimum absolute atomic E-state index is 0.248. The molecule has 0 aliphatic heterocycles. The Morgan fingerprint density at radius 2 is 1.88 bits per heavy atom. The van der Waals surface area contributed by atoms with Gasteiger partial charge in [-0.15, -0.1) is 0 Å². The predicted octanol–water partition coefficient (Wildman–Crippen LogP) is 1.48. The Bertz CT molecular complexity index is 204. The molecule has 0 atom stereocenters. The van der Waals surface area contributed by atoms with Gasteiger partial charge in [-0.3, -0.25) is 4.79 Å². The largest absolute Gasteiger partial charge is 0.481 e. The second-order valence-corrected chi connectivity index (χ2v) is 4.55. The average Bonchev–Trinajstić information content (AvgIpc) is 2.17. The summed E-state index contributed by atoms with van der Waals surface area (Å²) in [6.07, 6.45) is 6.67. The summed E-state index contributed by atoms with van der Waals surface area (Å²) in [5.41, 5.74) is 0. The summed E-state index contributed by atoms with van der Waals surface area (Å²) in [6.45, 7) is 2.19. The van der Waals surface area contributed by atoms with Crippen LogP contribution in [0.1, 0.15) is 44.9 Å². The molecule has 1 aliphatic rings. The Balaban J connectivity index is 2.13. The summed E-state index contributed by atoms with van der Waals surface area (Å²) in [7, 11) is 0. The normalized spacial score (nSPS) is 16.4. The van der Waals surface area contributed by atoms with Crippen molar-refractivity contribution >= 4 is 5.97 Å². The molecule has 0 spiro atoms. The van der Waals surface area contributed by atoms with Gasteiger partial charge in [0.15, 0.2) is 0 Å². The maximum absolute atomic E-state index is 10.4. The lowest BCUT2D eigenvalue weighted by molar-refractivity contribution is -0.137. The summed E-state index contributed by atoms with van der Waals surface area (Å²) in [5, 5.41) is 17.4. The van der Waals surface area contributed by atoms with E-state index in [-0.39, 0.29) is 13.0 Å². The highest BCUT2D eigenvalue weighted by atomic mass is 16.4. The number of nitrogens with zero attached hydrogens (tertiary/aromatic N) is 1. The van der Waals surface area contributed by atoms with E-state index < -0.39 is 5.97 Å². The molecule has 0 radical (unpaired) electrons. The van der Waals surface area contributed by atoms with Gasteiger partial charge in [0.2, 0.25) is 0 Å². The number of unbranched alkanes of at least 4 members (excludes halogenated alkanes) is 1. The van der Waals surface area contributed by atoms with Crippen molar-refractivity contribution in [2.24, 2.45) is 0 Å². The fraction of sp³-hybridized carbons (Fsp3) is 0.917. The first kappa shape index (κ1) is 13.5. The van der Waals surface area contributed by atoms with Crippen LogP contribution in [0.2, 0.25) is 0 Å². The third-order valence-corrected chi connectivity index (χ3v) is 3.28. The molecular weight excluding hydrogens is 206 g/mol. The Morgan fingerprint density at radius 3 is 2.38 bits per heavy atom. The van der Waals surface area contributed by atoms with E-state index in [4.69, 9.17) is 10.2 Å². The van der Waals surface area contributed by atoms with E-state index >= 15 is 0 Å². The monoisotopic (exact) mass is 229 g/mol. The van der Waals surface area contributed by atoms with Crippen LogP contribution in [0.5, 0.6) is 0 Å². The van der Waals surface area contributed by atoms with Gasteiger partial charge in [-0.1, -0.05) is 6.42 Å². The Morgan fingerprint density at radius 1 is 1.19 bits per heavy atom. The zero-order chi connectivity index (χ0) is 11.8. The van der Waals surface area contributed by atoms with Crippen LogP contribution in [0.15, 0.2) is 0 Å². The summed E-state index contributed by atoms with van der Waals surface area (Å²) in [6, 6.07) is 0.691. The van der Waals surface area contributed by atoms with E-state index in [0.717, 1.165) is 32.4 Å². The number of aliphatic carboxylic acids is 1. The van der Waals surface area contributed by atoms with Gasteiger partial charge in [0.05, 0.1) is 0 Å². The van der Waals surface area contributed by atoms with E-state index in [2.05, 4.69) is 4.90 Å². The first-order chi connectivity index (χ1) is 7.74. The van der Waals surface area contributed by atoms with Crippen LogP contribution < -0.4 is 0 Å². The molecule has 0 amide bonds. The van der Waals surface area contributed by atoms with Crippen LogP contribution >= 0.6 is 0 Å². The van der Waals surface area contributed by atoms with Crippen LogP contribution in [0, 0.1) is 0 Å². The average molecular weight is 229 g/mol. The maximum atomic E-state index is 10.4. The van der Waals surface area contributed by atoms with E-state index in [1.807, 2.05) is 0 Å². The summed E-state index contributed by atoms with van der Waals surface area (Å²) in [5.74, 6) is -0.703. The number of carbonyl (C=O) groups is 1. The van der Waals surface area contributed by atoms with Crippen molar-refractivity contribution in [3.8, 4) is 0 Å². The van der Waals surface area contributed by atoms with Crippen molar-refractivity contribution in [1.29, 1.82) is 0 Å². The molecule has 0 saturated heterocycles. The number of aliphatic hydroxyl groups is 1. The highest BCUT2D eigenvalue weighted by molar-refractivity contribution is 5.66. The van der Waals surface area contributed by atoms with E-state index in [0.29, 0.717) is 6.04 Å². The van der Waals surface area contributed by atoms with Gasteiger partial charge in [0.25, 0.3) is 0 Å². The molecule has 0 heterocycles. The number of carboxylic acid groups (broad SMARTS) is 1. The van der Waals surface area contributed by atoms with Crippen molar-refractivity contribution in [2.75, 3.05) is 19.7 Å². The lowest BCUT2D eigenvalue weighted by Crippen LogP contribution is -2.41. The van der Waals surface area contributed by atoms with Crippen LogP contribution in [0.25, 0.3) is 0 Å². The number of hydrogen-bond acceptors (Lipinski definition) is 3. The quantitative estimate of drug-likeness (QED) is 0.588. The maximum Gasteiger partial charge on any atom is 0.303 e. The van der Waals surface area contributed by atoms with Crippen molar-refractivity contribution in [3.05, 3.63) is 0 Å². The molecule has 0 aromatic carbocycles. The summed E-state index contributed by atoms with van der Waals surface area (Å²) >= 11 is 0. The van der Waals surface area contributed by atoms with Crippen LogP contribution in [-0.2, 0) is 4.79 Å². The Hall–Kier alpha value is -0.610. The van der Waals surface area contributed by atoms with Gasteiger partial charge in [0.1, 0.15) is 0 Å². The predicted molar refractivity (Wildman–Crippen MR) is 62.4 cm³/mol. The molecule has 0 aromatic heterocycles. The molecule has 1 rings (SSSR count). The number of aliphatic hydroxyl groups excluding tert-OH is 1. The number of rotatable bonds is 9. The lowest BCUT2D eigenvalue weighted by atomic mass is 9.91. The second-order valence-electron chi connectivity index (χ2n) is 4.55.